The summed E-state index contributed by atoms with van der Waals surface area (Å²) < 4.78 is 39.6. The van der Waals surface area contributed by atoms with Gasteiger partial charge in [-0.3, -0.25) is 10.1 Å². The zero-order valence-electron chi connectivity index (χ0n) is 14.9. The number of alkyl halides is 3. The number of fused-ring (bicyclic) bond motifs is 1. The zero-order chi connectivity index (χ0) is 20.0. The predicted molar refractivity (Wildman–Crippen MR) is 99.0 cm³/mol. The molecule has 0 aliphatic heterocycles. The van der Waals surface area contributed by atoms with Gasteiger partial charge in [-0.15, -0.1) is 11.3 Å². The minimum atomic E-state index is -4.43. The van der Waals surface area contributed by atoms with Gasteiger partial charge in [-0.25, -0.2) is 4.98 Å². The van der Waals surface area contributed by atoms with Crippen molar-refractivity contribution in [1.82, 2.24) is 4.98 Å². The summed E-state index contributed by atoms with van der Waals surface area (Å²) in [7, 11) is 0. The number of nitro groups is 1. The molecule has 0 saturated carbocycles. The van der Waals surface area contributed by atoms with Crippen molar-refractivity contribution in [2.75, 3.05) is 0 Å². The predicted octanol–water partition coefficient (Wildman–Crippen LogP) is 6.40. The zero-order valence-corrected chi connectivity index (χ0v) is 15.7. The molecule has 0 saturated heterocycles. The Morgan fingerprint density at radius 2 is 1.81 bits per heavy atom. The SMILES string of the molecule is CC(C)(C)C(c1cccc([N+](=O)[O-])c1)c1nc2cc(C(F)(F)F)ccc2s1. The van der Waals surface area contributed by atoms with Gasteiger partial charge >= 0.3 is 6.18 Å². The van der Waals surface area contributed by atoms with Crippen molar-refractivity contribution in [3.63, 3.8) is 0 Å². The van der Waals surface area contributed by atoms with Gasteiger partial charge in [-0.05, 0) is 29.2 Å². The normalized spacial score (nSPS) is 13.7. The molecule has 0 amide bonds. The maximum Gasteiger partial charge on any atom is 0.416 e. The molecule has 0 radical (unpaired) electrons. The molecule has 1 unspecified atom stereocenters. The summed E-state index contributed by atoms with van der Waals surface area (Å²) in [6.45, 7) is 5.93. The highest BCUT2D eigenvalue weighted by Gasteiger charge is 2.33. The van der Waals surface area contributed by atoms with Crippen LogP contribution in [0.2, 0.25) is 0 Å². The monoisotopic (exact) mass is 394 g/mol. The van der Waals surface area contributed by atoms with Crippen molar-refractivity contribution in [3.05, 3.63) is 68.7 Å². The van der Waals surface area contributed by atoms with Crippen LogP contribution < -0.4 is 0 Å². The molecule has 1 atom stereocenters. The third-order valence-corrected chi connectivity index (χ3v) is 5.36. The summed E-state index contributed by atoms with van der Waals surface area (Å²) in [5.41, 5.74) is -0.108. The molecule has 27 heavy (non-hydrogen) atoms. The number of hydrogen-bond donors (Lipinski definition) is 0. The van der Waals surface area contributed by atoms with Crippen LogP contribution in [0.25, 0.3) is 10.2 Å². The maximum atomic E-state index is 13.0. The number of nitro benzene ring substituents is 1. The van der Waals surface area contributed by atoms with Crippen LogP contribution >= 0.6 is 11.3 Å². The van der Waals surface area contributed by atoms with Crippen molar-refractivity contribution in [3.8, 4) is 0 Å². The summed E-state index contributed by atoms with van der Waals surface area (Å²) >= 11 is 1.31. The largest absolute Gasteiger partial charge is 0.416 e. The smallest absolute Gasteiger partial charge is 0.258 e. The summed E-state index contributed by atoms with van der Waals surface area (Å²) in [4.78, 5) is 15.1. The molecule has 0 N–H and O–H groups in total. The van der Waals surface area contributed by atoms with E-state index < -0.39 is 16.7 Å². The van der Waals surface area contributed by atoms with Crippen molar-refractivity contribution in [2.24, 2.45) is 5.41 Å². The molecule has 142 valence electrons. The Morgan fingerprint density at radius 1 is 1.11 bits per heavy atom. The Labute approximate surface area is 157 Å². The number of hydrogen-bond acceptors (Lipinski definition) is 4. The highest BCUT2D eigenvalue weighted by molar-refractivity contribution is 7.18. The minimum Gasteiger partial charge on any atom is -0.258 e. The van der Waals surface area contributed by atoms with Crippen LogP contribution in [0.5, 0.6) is 0 Å². The molecule has 2 aromatic carbocycles. The Bertz CT molecular complexity index is 1010. The summed E-state index contributed by atoms with van der Waals surface area (Å²) in [6, 6.07) is 9.83. The van der Waals surface area contributed by atoms with Gasteiger partial charge in [-0.2, -0.15) is 13.2 Å². The first-order valence-electron chi connectivity index (χ1n) is 8.19. The Kier molecular flexibility index (Phi) is 4.71. The van der Waals surface area contributed by atoms with E-state index in [0.29, 0.717) is 15.3 Å². The van der Waals surface area contributed by atoms with Gasteiger partial charge in [0, 0.05) is 18.1 Å². The lowest BCUT2D eigenvalue weighted by molar-refractivity contribution is -0.384. The lowest BCUT2D eigenvalue weighted by Gasteiger charge is -2.29. The Balaban J connectivity index is 2.14. The molecule has 3 aromatic rings. The summed E-state index contributed by atoms with van der Waals surface area (Å²) in [5.74, 6) is -0.288. The third kappa shape index (κ3) is 3.95. The first kappa shape index (κ1) is 19.3. The van der Waals surface area contributed by atoms with E-state index in [1.165, 1.54) is 29.5 Å². The molecule has 3 rings (SSSR count). The van der Waals surface area contributed by atoms with Crippen LogP contribution in [0.15, 0.2) is 42.5 Å². The lowest BCUT2D eigenvalue weighted by atomic mass is 9.77. The number of nitrogens with zero attached hydrogens (tertiary/aromatic N) is 2. The summed E-state index contributed by atoms with van der Waals surface area (Å²) in [5, 5.41) is 11.8. The number of benzene rings is 2. The number of non-ortho nitro benzene ring substituents is 1. The average molecular weight is 394 g/mol. The molecule has 0 fully saturated rings. The average Bonchev–Trinajstić information content (AvgIpc) is 2.95. The number of halogens is 3. The minimum absolute atomic E-state index is 0.0257. The van der Waals surface area contributed by atoms with E-state index in [9.17, 15) is 23.3 Å². The van der Waals surface area contributed by atoms with E-state index >= 15 is 0 Å². The second-order valence-corrected chi connectivity index (χ2v) is 8.45. The van der Waals surface area contributed by atoms with Gasteiger partial charge in [0.25, 0.3) is 5.69 Å². The fourth-order valence-corrected chi connectivity index (χ4v) is 4.40. The van der Waals surface area contributed by atoms with Gasteiger partial charge < -0.3 is 0 Å². The maximum absolute atomic E-state index is 13.0. The fraction of sp³-hybridized carbons (Fsp3) is 0.316. The van der Waals surface area contributed by atoms with Gasteiger partial charge in [0.1, 0.15) is 5.01 Å². The van der Waals surface area contributed by atoms with E-state index in [0.717, 1.165) is 12.1 Å². The second-order valence-electron chi connectivity index (χ2n) is 7.38. The number of thiazole rings is 1. The van der Waals surface area contributed by atoms with Crippen LogP contribution in [0.3, 0.4) is 0 Å². The van der Waals surface area contributed by atoms with Crippen LogP contribution in [-0.4, -0.2) is 9.91 Å². The molecule has 8 heteroatoms. The molecule has 0 aliphatic carbocycles. The van der Waals surface area contributed by atoms with Gasteiger partial charge in [0.2, 0.25) is 0 Å². The molecular weight excluding hydrogens is 377 g/mol. The van der Waals surface area contributed by atoms with Crippen molar-refractivity contribution >= 4 is 27.2 Å². The standard InChI is InChI=1S/C19H17F3N2O2S/c1-18(2,3)16(11-5-4-6-13(9-11)24(25)26)17-23-14-10-12(19(20,21)22)7-8-15(14)27-17/h4-10,16H,1-3H3. The van der Waals surface area contributed by atoms with Crippen molar-refractivity contribution in [1.29, 1.82) is 0 Å². The molecular formula is C19H17F3N2O2S. The van der Waals surface area contributed by atoms with Gasteiger partial charge in [0.15, 0.2) is 0 Å². The quantitative estimate of drug-likeness (QED) is 0.381. The Morgan fingerprint density at radius 3 is 2.41 bits per heavy atom. The molecule has 4 nitrogen and oxygen atoms in total. The topological polar surface area (TPSA) is 56.0 Å². The summed E-state index contributed by atoms with van der Waals surface area (Å²) in [6.07, 6.45) is -4.43. The molecule has 1 heterocycles. The van der Waals surface area contributed by atoms with Crippen LogP contribution in [0.4, 0.5) is 18.9 Å². The molecule has 0 spiro atoms. The highest BCUT2D eigenvalue weighted by atomic mass is 32.1. The van der Waals surface area contributed by atoms with E-state index in [-0.39, 0.29) is 22.5 Å². The van der Waals surface area contributed by atoms with Gasteiger partial charge in [0.05, 0.1) is 20.7 Å². The Hall–Kier alpha value is -2.48. The van der Waals surface area contributed by atoms with Crippen LogP contribution in [0.1, 0.15) is 42.8 Å². The third-order valence-electron chi connectivity index (χ3n) is 4.26. The highest BCUT2D eigenvalue weighted by Crippen LogP contribution is 2.44. The first-order valence-corrected chi connectivity index (χ1v) is 9.00. The number of aromatic nitrogens is 1. The van der Waals surface area contributed by atoms with E-state index in [1.54, 1.807) is 12.1 Å². The molecule has 1 aromatic heterocycles. The second kappa shape index (κ2) is 6.60. The molecule has 0 aliphatic rings. The number of rotatable bonds is 3. The first-order chi connectivity index (χ1) is 12.5. The lowest BCUT2D eigenvalue weighted by Crippen LogP contribution is -2.19. The van der Waals surface area contributed by atoms with Gasteiger partial charge in [-0.1, -0.05) is 32.9 Å². The van der Waals surface area contributed by atoms with Crippen LogP contribution in [0, 0.1) is 15.5 Å². The van der Waals surface area contributed by atoms with E-state index in [2.05, 4.69) is 4.98 Å². The van der Waals surface area contributed by atoms with E-state index in [1.807, 2.05) is 20.8 Å². The van der Waals surface area contributed by atoms with Crippen molar-refractivity contribution < 1.29 is 18.1 Å². The van der Waals surface area contributed by atoms with Crippen molar-refractivity contribution in [2.45, 2.75) is 32.9 Å². The van der Waals surface area contributed by atoms with Crippen LogP contribution in [-0.2, 0) is 6.18 Å². The fourth-order valence-electron chi connectivity index (χ4n) is 3.08. The van der Waals surface area contributed by atoms with E-state index in [4.69, 9.17) is 0 Å². The molecule has 0 bridgehead atoms.